The van der Waals surface area contributed by atoms with Crippen LogP contribution in [0.15, 0.2) is 40.9 Å². The zero-order valence-electron chi connectivity index (χ0n) is 11.3. The summed E-state index contributed by atoms with van der Waals surface area (Å²) in [6.07, 6.45) is 0.803. The third kappa shape index (κ3) is 3.25. The number of halogens is 2. The Bertz CT molecular complexity index is 655. The molecular formula is C16H15BrFNO. The number of anilines is 1. The molecule has 2 rings (SSSR count). The van der Waals surface area contributed by atoms with Crippen molar-refractivity contribution in [3.63, 3.8) is 0 Å². The van der Waals surface area contributed by atoms with Gasteiger partial charge in [0.25, 0.3) is 5.91 Å². The number of carbonyl (C=O) groups excluding carboxylic acids is 1. The van der Waals surface area contributed by atoms with Gasteiger partial charge in [0, 0.05) is 15.7 Å². The zero-order valence-corrected chi connectivity index (χ0v) is 12.9. The highest BCUT2D eigenvalue weighted by molar-refractivity contribution is 9.10. The first-order valence-corrected chi connectivity index (χ1v) is 7.16. The summed E-state index contributed by atoms with van der Waals surface area (Å²) in [5.74, 6) is -0.703. The van der Waals surface area contributed by atoms with E-state index in [0.717, 1.165) is 27.7 Å². The number of nitrogens with one attached hydrogen (secondary N) is 1. The topological polar surface area (TPSA) is 29.1 Å². The van der Waals surface area contributed by atoms with E-state index in [0.29, 0.717) is 5.56 Å². The summed E-state index contributed by atoms with van der Waals surface area (Å²) in [5, 5.41) is 2.85. The van der Waals surface area contributed by atoms with E-state index < -0.39 is 5.82 Å². The van der Waals surface area contributed by atoms with Crippen molar-refractivity contribution >= 4 is 27.5 Å². The van der Waals surface area contributed by atoms with Crippen molar-refractivity contribution in [1.82, 2.24) is 0 Å². The number of amides is 1. The van der Waals surface area contributed by atoms with Gasteiger partial charge in [-0.15, -0.1) is 0 Å². The number of aryl methyl sites for hydroxylation is 2. The molecule has 0 bridgehead atoms. The van der Waals surface area contributed by atoms with Gasteiger partial charge in [0.2, 0.25) is 0 Å². The molecule has 0 unspecified atom stereocenters. The molecule has 0 aliphatic carbocycles. The van der Waals surface area contributed by atoms with E-state index in [9.17, 15) is 9.18 Å². The highest BCUT2D eigenvalue weighted by Gasteiger charge is 2.12. The van der Waals surface area contributed by atoms with Crippen LogP contribution in [0.3, 0.4) is 0 Å². The van der Waals surface area contributed by atoms with Gasteiger partial charge in [0.05, 0.1) is 0 Å². The molecule has 2 aromatic carbocycles. The standard InChI is InChI=1S/C16H15BrFNO/c1-3-11-8-12(17)5-7-15(11)19-16(20)14-9-13(18)6-4-10(14)2/h4-9H,3H2,1-2H3,(H,19,20). The molecule has 0 aliphatic rings. The molecule has 4 heteroatoms. The lowest BCUT2D eigenvalue weighted by Crippen LogP contribution is -2.14. The smallest absolute Gasteiger partial charge is 0.256 e. The molecule has 0 radical (unpaired) electrons. The number of carbonyl (C=O) groups is 1. The zero-order chi connectivity index (χ0) is 14.7. The Hall–Kier alpha value is -1.68. The van der Waals surface area contributed by atoms with E-state index in [2.05, 4.69) is 21.2 Å². The molecule has 0 saturated carbocycles. The van der Waals surface area contributed by atoms with Gasteiger partial charge in [0.1, 0.15) is 5.82 Å². The maximum atomic E-state index is 13.3. The van der Waals surface area contributed by atoms with Crippen LogP contribution in [0.2, 0.25) is 0 Å². The Morgan fingerprint density at radius 3 is 2.70 bits per heavy atom. The maximum Gasteiger partial charge on any atom is 0.256 e. The molecule has 0 atom stereocenters. The van der Waals surface area contributed by atoms with Crippen LogP contribution in [0.4, 0.5) is 10.1 Å². The largest absolute Gasteiger partial charge is 0.322 e. The fourth-order valence-electron chi connectivity index (χ4n) is 2.01. The second-order valence-corrected chi connectivity index (χ2v) is 5.48. The normalized spacial score (nSPS) is 10.4. The average molecular weight is 336 g/mol. The van der Waals surface area contributed by atoms with Crippen LogP contribution in [0, 0.1) is 12.7 Å². The summed E-state index contributed by atoms with van der Waals surface area (Å²) in [4.78, 5) is 12.3. The van der Waals surface area contributed by atoms with Gasteiger partial charge in [-0.1, -0.05) is 28.9 Å². The number of hydrogen-bond acceptors (Lipinski definition) is 1. The highest BCUT2D eigenvalue weighted by atomic mass is 79.9. The molecule has 104 valence electrons. The van der Waals surface area contributed by atoms with Crippen molar-refractivity contribution in [1.29, 1.82) is 0 Å². The Balaban J connectivity index is 2.30. The minimum absolute atomic E-state index is 0.293. The van der Waals surface area contributed by atoms with Crippen molar-refractivity contribution in [2.24, 2.45) is 0 Å². The third-order valence-electron chi connectivity index (χ3n) is 3.14. The number of hydrogen-bond donors (Lipinski definition) is 1. The molecule has 1 N–H and O–H groups in total. The molecule has 20 heavy (non-hydrogen) atoms. The van der Waals surface area contributed by atoms with Crippen molar-refractivity contribution in [3.05, 3.63) is 63.4 Å². The predicted octanol–water partition coefficient (Wildman–Crippen LogP) is 4.71. The first-order chi connectivity index (χ1) is 9.51. The monoisotopic (exact) mass is 335 g/mol. The van der Waals surface area contributed by atoms with E-state index in [1.807, 2.05) is 25.1 Å². The van der Waals surface area contributed by atoms with Crippen LogP contribution >= 0.6 is 15.9 Å². The molecule has 0 fully saturated rings. The van der Waals surface area contributed by atoms with E-state index in [4.69, 9.17) is 0 Å². The molecule has 0 aromatic heterocycles. The molecule has 0 heterocycles. The summed E-state index contributed by atoms with van der Waals surface area (Å²) in [7, 11) is 0. The molecule has 2 nitrogen and oxygen atoms in total. The lowest BCUT2D eigenvalue weighted by Gasteiger charge is -2.12. The Labute approximate surface area is 126 Å². The lowest BCUT2D eigenvalue weighted by molar-refractivity contribution is 0.102. The summed E-state index contributed by atoms with van der Waals surface area (Å²) < 4.78 is 14.2. The summed E-state index contributed by atoms with van der Waals surface area (Å²) in [6, 6.07) is 9.89. The van der Waals surface area contributed by atoms with E-state index >= 15 is 0 Å². The quantitative estimate of drug-likeness (QED) is 0.864. The Kier molecular flexibility index (Phi) is 4.55. The maximum absolute atomic E-state index is 13.3. The van der Waals surface area contributed by atoms with Gasteiger partial charge >= 0.3 is 0 Å². The van der Waals surface area contributed by atoms with Crippen molar-refractivity contribution < 1.29 is 9.18 Å². The van der Waals surface area contributed by atoms with Crippen LogP contribution in [-0.2, 0) is 6.42 Å². The summed E-state index contributed by atoms with van der Waals surface area (Å²) in [6.45, 7) is 3.81. The van der Waals surface area contributed by atoms with Crippen LogP contribution < -0.4 is 5.32 Å². The lowest BCUT2D eigenvalue weighted by atomic mass is 10.1. The Morgan fingerprint density at radius 2 is 2.00 bits per heavy atom. The molecule has 0 aliphatic heterocycles. The van der Waals surface area contributed by atoms with Crippen molar-refractivity contribution in [2.75, 3.05) is 5.32 Å². The van der Waals surface area contributed by atoms with E-state index in [1.54, 1.807) is 13.0 Å². The van der Waals surface area contributed by atoms with Gasteiger partial charge in [-0.3, -0.25) is 4.79 Å². The number of rotatable bonds is 3. The SMILES string of the molecule is CCc1cc(Br)ccc1NC(=O)c1cc(F)ccc1C. The predicted molar refractivity (Wildman–Crippen MR) is 82.6 cm³/mol. The van der Waals surface area contributed by atoms with Crippen LogP contribution in [-0.4, -0.2) is 5.91 Å². The second kappa shape index (κ2) is 6.18. The fourth-order valence-corrected chi connectivity index (χ4v) is 2.41. The average Bonchev–Trinajstić information content (AvgIpc) is 2.43. The second-order valence-electron chi connectivity index (χ2n) is 4.57. The van der Waals surface area contributed by atoms with E-state index in [-0.39, 0.29) is 5.91 Å². The molecular weight excluding hydrogens is 321 g/mol. The van der Waals surface area contributed by atoms with Gasteiger partial charge in [-0.05, 0) is 54.8 Å². The fraction of sp³-hybridized carbons (Fsp3) is 0.188. The summed E-state index contributed by atoms with van der Waals surface area (Å²) in [5.41, 5.74) is 2.89. The minimum atomic E-state index is -0.410. The van der Waals surface area contributed by atoms with Gasteiger partial charge in [0.15, 0.2) is 0 Å². The Morgan fingerprint density at radius 1 is 1.25 bits per heavy atom. The van der Waals surface area contributed by atoms with Crippen LogP contribution in [0.5, 0.6) is 0 Å². The van der Waals surface area contributed by atoms with Crippen LogP contribution in [0.25, 0.3) is 0 Å². The van der Waals surface area contributed by atoms with Gasteiger partial charge < -0.3 is 5.32 Å². The molecule has 0 saturated heterocycles. The number of benzene rings is 2. The van der Waals surface area contributed by atoms with Crippen LogP contribution in [0.1, 0.15) is 28.4 Å². The van der Waals surface area contributed by atoms with Crippen molar-refractivity contribution in [3.8, 4) is 0 Å². The first-order valence-electron chi connectivity index (χ1n) is 6.37. The van der Waals surface area contributed by atoms with Gasteiger partial charge in [-0.25, -0.2) is 4.39 Å². The van der Waals surface area contributed by atoms with E-state index in [1.165, 1.54) is 12.1 Å². The summed E-state index contributed by atoms with van der Waals surface area (Å²) >= 11 is 3.41. The molecule has 0 spiro atoms. The van der Waals surface area contributed by atoms with Gasteiger partial charge in [-0.2, -0.15) is 0 Å². The highest BCUT2D eigenvalue weighted by Crippen LogP contribution is 2.22. The minimum Gasteiger partial charge on any atom is -0.322 e. The first kappa shape index (κ1) is 14.7. The van der Waals surface area contributed by atoms with Crippen molar-refractivity contribution in [2.45, 2.75) is 20.3 Å². The molecule has 2 aromatic rings. The third-order valence-corrected chi connectivity index (χ3v) is 3.63. The molecule has 1 amide bonds.